The van der Waals surface area contributed by atoms with Gasteiger partial charge in [0.25, 0.3) is 5.91 Å². The van der Waals surface area contributed by atoms with Crippen molar-refractivity contribution >= 4 is 5.91 Å². The van der Waals surface area contributed by atoms with Gasteiger partial charge in [0.05, 0.1) is 21.3 Å². The number of hydrogen-bond acceptors (Lipinski definition) is 5. The van der Waals surface area contributed by atoms with E-state index in [1.807, 2.05) is 6.92 Å². The summed E-state index contributed by atoms with van der Waals surface area (Å²) in [7, 11) is 6.24. The molecule has 1 amide bonds. The molecule has 0 aliphatic rings. The first kappa shape index (κ1) is 16.1. The van der Waals surface area contributed by atoms with Crippen LogP contribution in [-0.2, 0) is 0 Å². The predicted molar refractivity (Wildman–Crippen MR) is 76.7 cm³/mol. The van der Waals surface area contributed by atoms with E-state index in [-0.39, 0.29) is 11.9 Å². The SMILES string of the molecule is COc1cc(C(=O)N(C)CC(C)N)cc(OC)c1OC. The van der Waals surface area contributed by atoms with Gasteiger partial charge in [0.1, 0.15) is 0 Å². The average Bonchev–Trinajstić information content (AvgIpc) is 2.43. The van der Waals surface area contributed by atoms with Crippen molar-refractivity contribution in [3.05, 3.63) is 17.7 Å². The molecule has 20 heavy (non-hydrogen) atoms. The summed E-state index contributed by atoms with van der Waals surface area (Å²) in [4.78, 5) is 13.9. The second-order valence-electron chi connectivity index (χ2n) is 4.58. The Labute approximate surface area is 119 Å². The molecule has 0 spiro atoms. The molecule has 2 N–H and O–H groups in total. The molecule has 6 heteroatoms. The van der Waals surface area contributed by atoms with Crippen LogP contribution < -0.4 is 19.9 Å². The fourth-order valence-corrected chi connectivity index (χ4v) is 1.94. The zero-order chi connectivity index (χ0) is 15.3. The standard InChI is InChI=1S/C14H22N2O4/c1-9(15)8-16(2)14(17)10-6-11(18-3)13(20-5)12(7-10)19-4/h6-7,9H,8,15H2,1-5H3. The molecule has 0 aliphatic carbocycles. The van der Waals surface area contributed by atoms with E-state index in [0.29, 0.717) is 29.4 Å². The van der Waals surface area contributed by atoms with Crippen molar-refractivity contribution in [2.45, 2.75) is 13.0 Å². The maximum absolute atomic E-state index is 12.3. The molecule has 1 rings (SSSR count). The van der Waals surface area contributed by atoms with Crippen LogP contribution in [0.4, 0.5) is 0 Å². The van der Waals surface area contributed by atoms with Crippen LogP contribution in [0, 0.1) is 0 Å². The Morgan fingerprint density at radius 1 is 1.20 bits per heavy atom. The van der Waals surface area contributed by atoms with E-state index in [9.17, 15) is 4.79 Å². The highest BCUT2D eigenvalue weighted by molar-refractivity contribution is 5.95. The minimum absolute atomic E-state index is 0.0917. The largest absolute Gasteiger partial charge is 0.493 e. The third kappa shape index (κ3) is 3.54. The number of amides is 1. The minimum Gasteiger partial charge on any atom is -0.493 e. The van der Waals surface area contributed by atoms with Crippen molar-refractivity contribution in [1.82, 2.24) is 4.90 Å². The van der Waals surface area contributed by atoms with Crippen LogP contribution in [0.5, 0.6) is 17.2 Å². The van der Waals surface area contributed by atoms with Crippen LogP contribution in [0.25, 0.3) is 0 Å². The van der Waals surface area contributed by atoms with E-state index in [4.69, 9.17) is 19.9 Å². The topological polar surface area (TPSA) is 74.0 Å². The fourth-order valence-electron chi connectivity index (χ4n) is 1.94. The molecule has 0 saturated heterocycles. The monoisotopic (exact) mass is 282 g/mol. The minimum atomic E-state index is -0.151. The number of likely N-dealkylation sites (N-methyl/N-ethyl adjacent to an activating group) is 1. The van der Waals surface area contributed by atoms with Gasteiger partial charge in [-0.25, -0.2) is 0 Å². The Bertz CT molecular complexity index is 449. The van der Waals surface area contributed by atoms with Crippen LogP contribution in [0.2, 0.25) is 0 Å². The molecular formula is C14H22N2O4. The Balaban J connectivity index is 3.15. The second kappa shape index (κ2) is 7.00. The Morgan fingerprint density at radius 3 is 2.05 bits per heavy atom. The molecule has 0 radical (unpaired) electrons. The van der Waals surface area contributed by atoms with Crippen molar-refractivity contribution in [2.75, 3.05) is 34.9 Å². The molecule has 112 valence electrons. The van der Waals surface area contributed by atoms with Crippen LogP contribution >= 0.6 is 0 Å². The van der Waals surface area contributed by atoms with Gasteiger partial charge in [0.15, 0.2) is 11.5 Å². The summed E-state index contributed by atoms with van der Waals surface area (Å²) in [5, 5.41) is 0. The maximum atomic E-state index is 12.3. The van der Waals surface area contributed by atoms with Crippen LogP contribution in [0.1, 0.15) is 17.3 Å². The molecule has 0 aliphatic heterocycles. The summed E-state index contributed by atoms with van der Waals surface area (Å²) in [6, 6.07) is 3.16. The Kier molecular flexibility index (Phi) is 5.64. The van der Waals surface area contributed by atoms with E-state index in [1.165, 1.54) is 21.3 Å². The van der Waals surface area contributed by atoms with Gasteiger partial charge in [0, 0.05) is 25.2 Å². The van der Waals surface area contributed by atoms with Crippen molar-refractivity contribution in [3.8, 4) is 17.2 Å². The second-order valence-corrected chi connectivity index (χ2v) is 4.58. The fraction of sp³-hybridized carbons (Fsp3) is 0.500. The van der Waals surface area contributed by atoms with Crippen LogP contribution in [0.15, 0.2) is 12.1 Å². The normalized spacial score (nSPS) is 11.7. The number of methoxy groups -OCH3 is 3. The summed E-state index contributed by atoms with van der Waals surface area (Å²) in [5.74, 6) is 1.21. The van der Waals surface area contributed by atoms with E-state index < -0.39 is 0 Å². The highest BCUT2D eigenvalue weighted by Crippen LogP contribution is 2.38. The first-order valence-corrected chi connectivity index (χ1v) is 6.25. The molecule has 6 nitrogen and oxygen atoms in total. The molecule has 1 atom stereocenters. The number of hydrogen-bond donors (Lipinski definition) is 1. The van der Waals surface area contributed by atoms with E-state index in [2.05, 4.69) is 0 Å². The lowest BCUT2D eigenvalue weighted by Crippen LogP contribution is -2.36. The summed E-state index contributed by atoms with van der Waals surface area (Å²) in [6.45, 7) is 2.31. The molecule has 1 aromatic carbocycles. The number of carbonyl (C=O) groups excluding carboxylic acids is 1. The molecule has 0 bridgehead atoms. The number of nitrogens with zero attached hydrogens (tertiary/aromatic N) is 1. The zero-order valence-corrected chi connectivity index (χ0v) is 12.6. The molecule has 1 unspecified atom stereocenters. The van der Waals surface area contributed by atoms with Crippen molar-refractivity contribution in [1.29, 1.82) is 0 Å². The van der Waals surface area contributed by atoms with Crippen molar-refractivity contribution in [3.63, 3.8) is 0 Å². The summed E-state index contributed by atoms with van der Waals surface area (Å²) in [5.41, 5.74) is 6.16. The van der Waals surface area contributed by atoms with Crippen molar-refractivity contribution in [2.24, 2.45) is 5.73 Å². The number of rotatable bonds is 6. The molecule has 0 saturated carbocycles. The lowest BCUT2D eigenvalue weighted by molar-refractivity contribution is 0.0788. The van der Waals surface area contributed by atoms with Gasteiger partial charge in [-0.15, -0.1) is 0 Å². The highest BCUT2D eigenvalue weighted by Gasteiger charge is 2.19. The molecule has 1 aromatic rings. The van der Waals surface area contributed by atoms with Gasteiger partial charge in [-0.1, -0.05) is 0 Å². The molecule has 0 aromatic heterocycles. The van der Waals surface area contributed by atoms with E-state index in [0.717, 1.165) is 0 Å². The summed E-state index contributed by atoms with van der Waals surface area (Å²) < 4.78 is 15.7. The van der Waals surface area contributed by atoms with E-state index in [1.54, 1.807) is 24.1 Å². The first-order chi connectivity index (χ1) is 9.44. The first-order valence-electron chi connectivity index (χ1n) is 6.25. The smallest absolute Gasteiger partial charge is 0.253 e. The van der Waals surface area contributed by atoms with Gasteiger partial charge < -0.3 is 24.8 Å². The number of benzene rings is 1. The van der Waals surface area contributed by atoms with Gasteiger partial charge in [-0.3, -0.25) is 4.79 Å². The third-order valence-electron chi connectivity index (χ3n) is 2.82. The maximum Gasteiger partial charge on any atom is 0.253 e. The van der Waals surface area contributed by atoms with Gasteiger partial charge in [0.2, 0.25) is 5.75 Å². The predicted octanol–water partition coefficient (Wildman–Crippen LogP) is 1.13. The Morgan fingerprint density at radius 2 is 1.70 bits per heavy atom. The van der Waals surface area contributed by atoms with Crippen LogP contribution in [-0.4, -0.2) is 51.8 Å². The Hall–Kier alpha value is -1.95. The number of ether oxygens (including phenoxy) is 3. The molecule has 0 fully saturated rings. The van der Waals surface area contributed by atoms with Crippen molar-refractivity contribution < 1.29 is 19.0 Å². The molecule has 0 heterocycles. The summed E-state index contributed by atoms with van der Waals surface area (Å²) in [6.07, 6.45) is 0. The zero-order valence-electron chi connectivity index (χ0n) is 12.6. The average molecular weight is 282 g/mol. The third-order valence-corrected chi connectivity index (χ3v) is 2.82. The molecular weight excluding hydrogens is 260 g/mol. The van der Waals surface area contributed by atoms with Gasteiger partial charge >= 0.3 is 0 Å². The van der Waals surface area contributed by atoms with Crippen LogP contribution in [0.3, 0.4) is 0 Å². The highest BCUT2D eigenvalue weighted by atomic mass is 16.5. The quantitative estimate of drug-likeness (QED) is 0.846. The van der Waals surface area contributed by atoms with E-state index >= 15 is 0 Å². The lowest BCUT2D eigenvalue weighted by Gasteiger charge is -2.20. The van der Waals surface area contributed by atoms with Gasteiger partial charge in [-0.05, 0) is 19.1 Å². The number of nitrogens with two attached hydrogens (primary N) is 1. The number of carbonyl (C=O) groups is 1. The van der Waals surface area contributed by atoms with Gasteiger partial charge in [-0.2, -0.15) is 0 Å². The lowest BCUT2D eigenvalue weighted by atomic mass is 10.1. The summed E-state index contributed by atoms with van der Waals surface area (Å²) >= 11 is 0.